The Bertz CT molecular complexity index is 1080. The first-order valence-corrected chi connectivity index (χ1v) is 13.4. The first-order chi connectivity index (χ1) is 17.4. The average molecular weight is 515 g/mol. The van der Waals surface area contributed by atoms with E-state index in [0.717, 1.165) is 44.1 Å². The molecule has 2 fully saturated rings. The number of amides is 2. The van der Waals surface area contributed by atoms with Crippen molar-refractivity contribution in [3.05, 3.63) is 40.4 Å². The summed E-state index contributed by atoms with van der Waals surface area (Å²) >= 11 is 1.30. The maximum atomic E-state index is 13.0. The number of nitrogens with zero attached hydrogens (tertiary/aromatic N) is 1. The molecular formula is C26H34N4O5S. The Hall–Kier alpha value is -2.82. The van der Waals surface area contributed by atoms with Gasteiger partial charge in [0, 0.05) is 36.6 Å². The molecular weight excluding hydrogens is 480 g/mol. The molecule has 9 nitrogen and oxygen atoms in total. The summed E-state index contributed by atoms with van der Waals surface area (Å²) in [4.78, 5) is 42.5. The number of rotatable bonds is 9. The summed E-state index contributed by atoms with van der Waals surface area (Å²) < 4.78 is 10.4. The van der Waals surface area contributed by atoms with Crippen molar-refractivity contribution in [2.45, 2.75) is 58.0 Å². The third-order valence-electron chi connectivity index (χ3n) is 6.88. The number of thiazole rings is 1. The number of ether oxygens (including phenoxy) is 2. The van der Waals surface area contributed by atoms with Crippen molar-refractivity contribution in [3.8, 4) is 0 Å². The summed E-state index contributed by atoms with van der Waals surface area (Å²) in [6.45, 7) is 3.57. The van der Waals surface area contributed by atoms with Crippen LogP contribution in [0.3, 0.4) is 0 Å². The van der Waals surface area contributed by atoms with Crippen LogP contribution in [0.1, 0.15) is 60.1 Å². The molecule has 10 heteroatoms. The van der Waals surface area contributed by atoms with Gasteiger partial charge in [0.2, 0.25) is 0 Å². The number of carbonyl (C=O) groups is 3. The van der Waals surface area contributed by atoms with Gasteiger partial charge in [0.05, 0.1) is 18.5 Å². The summed E-state index contributed by atoms with van der Waals surface area (Å²) in [7, 11) is 1.39. The number of esters is 1. The molecule has 0 spiro atoms. The van der Waals surface area contributed by atoms with Crippen molar-refractivity contribution in [3.63, 3.8) is 0 Å². The number of carbonyl (C=O) groups excluding carboxylic acids is 3. The van der Waals surface area contributed by atoms with Gasteiger partial charge in [-0.3, -0.25) is 20.2 Å². The van der Waals surface area contributed by atoms with Crippen molar-refractivity contribution in [1.29, 1.82) is 0 Å². The molecule has 36 heavy (non-hydrogen) atoms. The number of nitrogens with one attached hydrogen (secondary N) is 3. The zero-order chi connectivity index (χ0) is 25.5. The van der Waals surface area contributed by atoms with E-state index in [0.29, 0.717) is 41.8 Å². The lowest BCUT2D eigenvalue weighted by molar-refractivity contribution is -0.145. The highest BCUT2D eigenvalue weighted by Crippen LogP contribution is 2.31. The van der Waals surface area contributed by atoms with E-state index in [4.69, 9.17) is 9.47 Å². The summed E-state index contributed by atoms with van der Waals surface area (Å²) in [5.74, 6) is -0.0297. The second kappa shape index (κ2) is 12.4. The van der Waals surface area contributed by atoms with Gasteiger partial charge in [-0.2, -0.15) is 0 Å². The van der Waals surface area contributed by atoms with Gasteiger partial charge in [0.1, 0.15) is 6.04 Å². The minimum atomic E-state index is -0.456. The fourth-order valence-corrected chi connectivity index (χ4v) is 5.61. The Morgan fingerprint density at radius 2 is 1.89 bits per heavy atom. The van der Waals surface area contributed by atoms with Crippen LogP contribution in [0.4, 0.5) is 15.6 Å². The summed E-state index contributed by atoms with van der Waals surface area (Å²) in [6.07, 6.45) is 5.53. The van der Waals surface area contributed by atoms with Crippen molar-refractivity contribution in [1.82, 2.24) is 10.3 Å². The molecule has 1 atom stereocenters. The van der Waals surface area contributed by atoms with E-state index < -0.39 is 12.1 Å². The van der Waals surface area contributed by atoms with Crippen molar-refractivity contribution in [2.24, 2.45) is 11.8 Å². The second-order valence-corrected chi connectivity index (χ2v) is 10.3. The molecule has 2 aromatic rings. The number of hydrogen-bond acceptors (Lipinski definition) is 8. The molecule has 2 heterocycles. The largest absolute Gasteiger partial charge is 0.468 e. The Morgan fingerprint density at radius 3 is 2.61 bits per heavy atom. The van der Waals surface area contributed by atoms with E-state index >= 15 is 0 Å². The quantitative estimate of drug-likeness (QED) is 0.332. The molecule has 1 saturated carbocycles. The van der Waals surface area contributed by atoms with Crippen LogP contribution in [-0.2, 0) is 20.8 Å². The molecule has 4 rings (SSSR count). The van der Waals surface area contributed by atoms with Gasteiger partial charge < -0.3 is 14.8 Å². The Labute approximate surface area is 215 Å². The lowest BCUT2D eigenvalue weighted by Crippen LogP contribution is -2.45. The molecule has 1 saturated heterocycles. The fraction of sp³-hybridized carbons (Fsp3) is 0.538. The SMILES string of the molecule is COC(=O)C(NCc1csc(NC(=O)Nc2ccc(C)cc2C(=O)C2CCCC2)n1)C1CCOCC1. The molecule has 2 aliphatic rings. The van der Waals surface area contributed by atoms with Crippen LogP contribution in [0.25, 0.3) is 0 Å². The fourth-order valence-electron chi connectivity index (χ4n) is 4.91. The molecule has 0 bridgehead atoms. The molecule has 194 valence electrons. The third-order valence-corrected chi connectivity index (χ3v) is 7.69. The van der Waals surface area contributed by atoms with E-state index in [1.54, 1.807) is 6.07 Å². The van der Waals surface area contributed by atoms with E-state index in [-0.39, 0.29) is 23.6 Å². The number of aryl methyl sites for hydroxylation is 1. The van der Waals surface area contributed by atoms with Crippen LogP contribution < -0.4 is 16.0 Å². The highest BCUT2D eigenvalue weighted by molar-refractivity contribution is 7.13. The van der Waals surface area contributed by atoms with Gasteiger partial charge in [-0.05, 0) is 50.7 Å². The molecule has 1 unspecified atom stereocenters. The zero-order valence-corrected chi connectivity index (χ0v) is 21.6. The average Bonchev–Trinajstić information content (AvgIpc) is 3.58. The summed E-state index contributed by atoms with van der Waals surface area (Å²) in [5.41, 5.74) is 2.75. The van der Waals surface area contributed by atoms with Crippen molar-refractivity contribution >= 4 is 39.9 Å². The van der Waals surface area contributed by atoms with Crippen LogP contribution in [0, 0.1) is 18.8 Å². The van der Waals surface area contributed by atoms with Crippen LogP contribution in [0.5, 0.6) is 0 Å². The zero-order valence-electron chi connectivity index (χ0n) is 20.8. The summed E-state index contributed by atoms with van der Waals surface area (Å²) in [6, 6.07) is 4.61. The van der Waals surface area contributed by atoms with Crippen molar-refractivity contribution < 1.29 is 23.9 Å². The minimum Gasteiger partial charge on any atom is -0.468 e. The Morgan fingerprint density at radius 1 is 1.14 bits per heavy atom. The van der Waals surface area contributed by atoms with E-state index in [9.17, 15) is 14.4 Å². The van der Waals surface area contributed by atoms with Gasteiger partial charge in [-0.25, -0.2) is 9.78 Å². The van der Waals surface area contributed by atoms with Gasteiger partial charge in [0.15, 0.2) is 10.9 Å². The lowest BCUT2D eigenvalue weighted by Gasteiger charge is -2.29. The summed E-state index contributed by atoms with van der Waals surface area (Å²) in [5, 5.41) is 11.1. The smallest absolute Gasteiger partial charge is 0.325 e. The molecule has 1 aromatic carbocycles. The maximum Gasteiger partial charge on any atom is 0.325 e. The predicted molar refractivity (Wildman–Crippen MR) is 138 cm³/mol. The van der Waals surface area contributed by atoms with Gasteiger partial charge in [-0.1, -0.05) is 24.5 Å². The standard InChI is InChI=1S/C26H34N4O5S/c1-16-7-8-21(20(13-16)23(31)18-5-3-4-6-18)29-25(33)30-26-28-19(15-36-26)14-27-22(24(32)34-2)17-9-11-35-12-10-17/h7-8,13,15,17-18,22,27H,3-6,9-12,14H2,1-2H3,(H2,28,29,30,33). The van der Waals surface area contributed by atoms with Gasteiger partial charge in [0.25, 0.3) is 0 Å². The molecule has 2 amide bonds. The molecule has 3 N–H and O–H groups in total. The number of urea groups is 1. The number of Topliss-reactive ketones (excluding diaryl/α,β-unsaturated/α-hetero) is 1. The Balaban J connectivity index is 1.35. The highest BCUT2D eigenvalue weighted by atomic mass is 32.1. The molecule has 1 aliphatic carbocycles. The van der Waals surface area contributed by atoms with Crippen LogP contribution in [-0.4, -0.2) is 49.1 Å². The normalized spacial score (nSPS) is 17.5. The number of benzene rings is 1. The van der Waals surface area contributed by atoms with Gasteiger partial charge in [-0.15, -0.1) is 11.3 Å². The van der Waals surface area contributed by atoms with Crippen LogP contribution in [0.15, 0.2) is 23.6 Å². The van der Waals surface area contributed by atoms with Gasteiger partial charge >= 0.3 is 12.0 Å². The number of ketones is 1. The minimum absolute atomic E-state index is 0.0272. The Kier molecular flexibility index (Phi) is 9.06. The second-order valence-electron chi connectivity index (χ2n) is 9.45. The lowest BCUT2D eigenvalue weighted by atomic mass is 9.91. The third kappa shape index (κ3) is 6.68. The van der Waals surface area contributed by atoms with E-state index in [2.05, 4.69) is 20.9 Å². The van der Waals surface area contributed by atoms with Crippen LogP contribution >= 0.6 is 11.3 Å². The van der Waals surface area contributed by atoms with E-state index in [1.165, 1.54) is 18.4 Å². The first-order valence-electron chi connectivity index (χ1n) is 12.5. The molecule has 1 aliphatic heterocycles. The number of aromatic nitrogens is 1. The monoisotopic (exact) mass is 514 g/mol. The van der Waals surface area contributed by atoms with Crippen LogP contribution in [0.2, 0.25) is 0 Å². The molecule has 1 aromatic heterocycles. The topological polar surface area (TPSA) is 119 Å². The number of anilines is 2. The highest BCUT2D eigenvalue weighted by Gasteiger charge is 2.30. The predicted octanol–water partition coefficient (Wildman–Crippen LogP) is 4.53. The van der Waals surface area contributed by atoms with E-state index in [1.807, 2.05) is 24.4 Å². The number of hydrogen-bond donors (Lipinski definition) is 3. The van der Waals surface area contributed by atoms with Crippen molar-refractivity contribution in [2.75, 3.05) is 31.0 Å². The number of methoxy groups -OCH3 is 1. The molecule has 0 radical (unpaired) electrons. The first kappa shape index (κ1) is 26.2. The maximum absolute atomic E-state index is 13.0.